The highest BCUT2D eigenvalue weighted by molar-refractivity contribution is 9.10. The number of allylic oxidation sites excluding steroid dienone is 1. The summed E-state index contributed by atoms with van der Waals surface area (Å²) < 4.78 is 23.2. The standard InChI is InChI=1S/C29H30BrN3O7/c1-2-37-25(9-5-6-10-27(35)33-22-8-4-3-7-21(22)31)28(20-15-18(30)11-13-23(20)34)40-29(36)32-19-12-14-24-26(16-19)39-17-38-24/h3-4,6-8,10-16,25,28,34H,2,5,9,17,31H2,1H3,(H,32,36)(H,33,35)/b10-6+/t25-,28-/m1/s1. The van der Waals surface area contributed by atoms with Gasteiger partial charge in [-0.05, 0) is 68.3 Å². The summed E-state index contributed by atoms with van der Waals surface area (Å²) in [6, 6.07) is 16.8. The van der Waals surface area contributed by atoms with Gasteiger partial charge in [0.1, 0.15) is 5.75 Å². The van der Waals surface area contributed by atoms with Gasteiger partial charge in [0.25, 0.3) is 0 Å². The molecule has 1 heterocycles. The van der Waals surface area contributed by atoms with Crippen molar-refractivity contribution in [3.63, 3.8) is 0 Å². The lowest BCUT2D eigenvalue weighted by Crippen LogP contribution is -2.29. The molecular formula is C29H30BrN3O7. The smallest absolute Gasteiger partial charge is 0.412 e. The molecule has 4 rings (SSSR count). The van der Waals surface area contributed by atoms with E-state index < -0.39 is 18.3 Å². The number of anilines is 3. The fourth-order valence-corrected chi connectivity index (χ4v) is 4.48. The van der Waals surface area contributed by atoms with Crippen LogP contribution in [0.15, 0.2) is 77.3 Å². The molecule has 0 bridgehead atoms. The van der Waals surface area contributed by atoms with Gasteiger partial charge >= 0.3 is 6.09 Å². The summed E-state index contributed by atoms with van der Waals surface area (Å²) in [7, 11) is 0. The molecule has 210 valence electrons. The van der Waals surface area contributed by atoms with E-state index in [2.05, 4.69) is 26.6 Å². The summed E-state index contributed by atoms with van der Waals surface area (Å²) in [4.78, 5) is 25.3. The number of phenolic OH excluding ortho intramolecular Hbond substituents is 1. The monoisotopic (exact) mass is 611 g/mol. The number of rotatable bonds is 11. The third-order valence-electron chi connectivity index (χ3n) is 5.97. The molecule has 40 heavy (non-hydrogen) atoms. The van der Waals surface area contributed by atoms with Gasteiger partial charge in [-0.3, -0.25) is 10.1 Å². The summed E-state index contributed by atoms with van der Waals surface area (Å²) in [5.41, 5.74) is 7.70. The largest absolute Gasteiger partial charge is 0.508 e. The first kappa shape index (κ1) is 28.8. The number of nitrogen functional groups attached to an aromatic ring is 1. The maximum absolute atomic E-state index is 13.0. The van der Waals surface area contributed by atoms with E-state index in [1.54, 1.807) is 60.7 Å². The van der Waals surface area contributed by atoms with Crippen LogP contribution < -0.4 is 25.8 Å². The zero-order chi connectivity index (χ0) is 28.5. The predicted octanol–water partition coefficient (Wildman–Crippen LogP) is 6.14. The Balaban J connectivity index is 1.46. The van der Waals surface area contributed by atoms with E-state index in [1.165, 1.54) is 12.1 Å². The maximum Gasteiger partial charge on any atom is 0.412 e. The number of ether oxygens (including phenoxy) is 4. The lowest BCUT2D eigenvalue weighted by atomic mass is 9.99. The Hall–Kier alpha value is -4.22. The molecular weight excluding hydrogens is 582 g/mol. The second-order valence-corrected chi connectivity index (χ2v) is 9.69. The molecule has 10 nitrogen and oxygen atoms in total. The SMILES string of the molecule is CCO[C@H](CC/C=C/C(=O)Nc1ccccc1N)[C@H](OC(=O)Nc1ccc2c(c1)OCO2)c1cc(Br)ccc1O. The van der Waals surface area contributed by atoms with Crippen LogP contribution in [0.4, 0.5) is 21.9 Å². The van der Waals surface area contributed by atoms with Gasteiger partial charge in [0.05, 0.1) is 17.5 Å². The topological polar surface area (TPSA) is 141 Å². The Morgan fingerprint density at radius 3 is 2.70 bits per heavy atom. The first-order chi connectivity index (χ1) is 19.3. The number of hydrogen-bond donors (Lipinski definition) is 4. The minimum atomic E-state index is -0.960. The average Bonchev–Trinajstić information content (AvgIpc) is 3.40. The van der Waals surface area contributed by atoms with Crippen LogP contribution in [0.25, 0.3) is 0 Å². The number of carbonyl (C=O) groups excluding carboxylic acids is 2. The van der Waals surface area contributed by atoms with Crippen molar-refractivity contribution in [3.05, 3.63) is 82.9 Å². The van der Waals surface area contributed by atoms with Gasteiger partial charge in [-0.1, -0.05) is 34.1 Å². The second kappa shape index (κ2) is 13.7. The molecule has 1 aliphatic heterocycles. The third-order valence-corrected chi connectivity index (χ3v) is 6.47. The van der Waals surface area contributed by atoms with Crippen molar-refractivity contribution >= 4 is 45.0 Å². The maximum atomic E-state index is 13.0. The fourth-order valence-electron chi connectivity index (χ4n) is 4.10. The van der Waals surface area contributed by atoms with Gasteiger partial charge in [-0.25, -0.2) is 4.79 Å². The highest BCUT2D eigenvalue weighted by Gasteiger charge is 2.30. The average molecular weight is 612 g/mol. The number of nitrogens with two attached hydrogens (primary N) is 1. The minimum absolute atomic E-state index is 0.0517. The molecule has 2 amide bonds. The van der Waals surface area contributed by atoms with Crippen molar-refractivity contribution in [2.45, 2.75) is 32.0 Å². The molecule has 3 aromatic rings. The van der Waals surface area contributed by atoms with Crippen LogP contribution in [-0.4, -0.2) is 36.6 Å². The number of amides is 2. The predicted molar refractivity (Wildman–Crippen MR) is 154 cm³/mol. The van der Waals surface area contributed by atoms with Crippen LogP contribution in [0.1, 0.15) is 31.4 Å². The number of aromatic hydroxyl groups is 1. The summed E-state index contributed by atoms with van der Waals surface area (Å²) in [5.74, 6) is 0.716. The molecule has 0 fully saturated rings. The van der Waals surface area contributed by atoms with Crippen molar-refractivity contribution in [3.8, 4) is 17.2 Å². The number of para-hydroxylation sites is 2. The Morgan fingerprint density at radius 2 is 1.90 bits per heavy atom. The molecule has 0 unspecified atom stereocenters. The van der Waals surface area contributed by atoms with Crippen molar-refractivity contribution in [2.24, 2.45) is 0 Å². The number of nitrogens with one attached hydrogen (secondary N) is 2. The molecule has 1 aliphatic rings. The van der Waals surface area contributed by atoms with Crippen LogP contribution in [0, 0.1) is 0 Å². The number of hydrogen-bond acceptors (Lipinski definition) is 8. The molecule has 0 aliphatic carbocycles. The molecule has 5 N–H and O–H groups in total. The normalized spacial score (nSPS) is 13.6. The van der Waals surface area contributed by atoms with E-state index in [0.717, 1.165) is 0 Å². The third kappa shape index (κ3) is 7.67. The molecule has 0 saturated carbocycles. The van der Waals surface area contributed by atoms with Gasteiger partial charge in [-0.2, -0.15) is 0 Å². The van der Waals surface area contributed by atoms with Crippen LogP contribution in [0.3, 0.4) is 0 Å². The number of benzene rings is 3. The first-order valence-corrected chi connectivity index (χ1v) is 13.4. The van der Waals surface area contributed by atoms with Gasteiger partial charge < -0.3 is 35.1 Å². The van der Waals surface area contributed by atoms with E-state index in [4.69, 9.17) is 24.7 Å². The van der Waals surface area contributed by atoms with Gasteiger partial charge in [0.2, 0.25) is 12.7 Å². The summed E-state index contributed by atoms with van der Waals surface area (Å²) in [6.45, 7) is 2.27. The Bertz CT molecular complexity index is 1380. The highest BCUT2D eigenvalue weighted by atomic mass is 79.9. The second-order valence-electron chi connectivity index (χ2n) is 8.77. The molecule has 3 aromatic carbocycles. The molecule has 11 heteroatoms. The van der Waals surface area contributed by atoms with Crippen molar-refractivity contribution in [2.75, 3.05) is 29.8 Å². The zero-order valence-corrected chi connectivity index (χ0v) is 23.3. The first-order valence-electron chi connectivity index (χ1n) is 12.6. The zero-order valence-electron chi connectivity index (χ0n) is 21.8. The van der Waals surface area contributed by atoms with Crippen LogP contribution in [-0.2, 0) is 14.3 Å². The Kier molecular flexibility index (Phi) is 9.87. The number of fused-ring (bicyclic) bond motifs is 1. The quantitative estimate of drug-likeness (QED) is 0.150. The number of phenols is 1. The van der Waals surface area contributed by atoms with Crippen molar-refractivity contribution in [1.29, 1.82) is 0 Å². The number of carbonyl (C=O) groups is 2. The summed E-state index contributed by atoms with van der Waals surface area (Å²) in [5, 5.41) is 16.1. The van der Waals surface area contributed by atoms with Gasteiger partial charge in [-0.15, -0.1) is 0 Å². The van der Waals surface area contributed by atoms with E-state index in [0.29, 0.717) is 58.0 Å². The molecule has 0 saturated heterocycles. The molecule has 0 spiro atoms. The number of halogens is 1. The van der Waals surface area contributed by atoms with Crippen molar-refractivity contribution in [1.82, 2.24) is 0 Å². The molecule has 0 radical (unpaired) electrons. The lowest BCUT2D eigenvalue weighted by Gasteiger charge is -2.28. The van der Waals surface area contributed by atoms with E-state index in [9.17, 15) is 14.7 Å². The Labute approximate surface area is 240 Å². The minimum Gasteiger partial charge on any atom is -0.508 e. The van der Waals surface area contributed by atoms with Crippen LogP contribution in [0.5, 0.6) is 17.2 Å². The van der Waals surface area contributed by atoms with Gasteiger partial charge in [0, 0.05) is 28.4 Å². The van der Waals surface area contributed by atoms with E-state index >= 15 is 0 Å². The van der Waals surface area contributed by atoms with Crippen LogP contribution >= 0.6 is 15.9 Å². The van der Waals surface area contributed by atoms with Gasteiger partial charge in [0.15, 0.2) is 17.6 Å². The Morgan fingerprint density at radius 1 is 1.10 bits per heavy atom. The molecule has 2 atom stereocenters. The highest BCUT2D eigenvalue weighted by Crippen LogP contribution is 2.37. The van der Waals surface area contributed by atoms with E-state index in [-0.39, 0.29) is 18.4 Å². The molecule has 0 aromatic heterocycles. The van der Waals surface area contributed by atoms with Crippen LogP contribution in [0.2, 0.25) is 0 Å². The lowest BCUT2D eigenvalue weighted by molar-refractivity contribution is -0.111. The van der Waals surface area contributed by atoms with Crippen molar-refractivity contribution < 1.29 is 33.6 Å². The summed E-state index contributed by atoms with van der Waals surface area (Å²) >= 11 is 3.41. The fraction of sp³-hybridized carbons (Fsp3) is 0.241. The summed E-state index contributed by atoms with van der Waals surface area (Å²) in [6.07, 6.45) is 1.59. The van der Waals surface area contributed by atoms with E-state index in [1.807, 2.05) is 6.92 Å².